The van der Waals surface area contributed by atoms with E-state index in [4.69, 9.17) is 16.3 Å². The van der Waals surface area contributed by atoms with E-state index < -0.39 is 35.0 Å². The van der Waals surface area contributed by atoms with Crippen molar-refractivity contribution in [2.24, 2.45) is 11.8 Å². The van der Waals surface area contributed by atoms with E-state index in [0.717, 1.165) is 11.1 Å². The second kappa shape index (κ2) is 9.18. The number of aryl methyl sites for hydroxylation is 1. The van der Waals surface area contributed by atoms with Crippen molar-refractivity contribution in [3.05, 3.63) is 64.7 Å². The number of halogens is 1. The minimum atomic E-state index is -1.16. The Balaban J connectivity index is 1.46. The van der Waals surface area contributed by atoms with Crippen LogP contribution in [0, 0.1) is 18.8 Å². The first-order chi connectivity index (χ1) is 17.2. The zero-order valence-corrected chi connectivity index (χ0v) is 21.0. The molecule has 3 aliphatic rings. The highest BCUT2D eigenvalue weighted by Gasteiger charge is 2.77. The largest absolute Gasteiger partial charge is 0.395 e. The van der Waals surface area contributed by atoms with Crippen LogP contribution < -0.4 is 10.6 Å². The molecule has 2 bridgehead atoms. The molecule has 3 N–H and O–H groups in total. The van der Waals surface area contributed by atoms with Crippen LogP contribution in [0.15, 0.2) is 48.5 Å². The molecule has 8 nitrogen and oxygen atoms in total. The number of fused-ring (bicyclic) bond motifs is 1. The molecule has 190 valence electrons. The summed E-state index contributed by atoms with van der Waals surface area (Å²) < 4.78 is 6.54. The topological polar surface area (TPSA) is 108 Å². The molecule has 0 aromatic heterocycles. The van der Waals surface area contributed by atoms with Crippen molar-refractivity contribution in [1.82, 2.24) is 10.2 Å². The molecule has 3 heterocycles. The van der Waals surface area contributed by atoms with Gasteiger partial charge in [0, 0.05) is 13.1 Å². The van der Waals surface area contributed by atoms with Gasteiger partial charge in [0.15, 0.2) is 0 Å². The summed E-state index contributed by atoms with van der Waals surface area (Å²) in [7, 11) is 0. The number of aliphatic hydroxyl groups is 1. The van der Waals surface area contributed by atoms with Gasteiger partial charge < -0.3 is 25.4 Å². The number of para-hydroxylation sites is 1. The minimum Gasteiger partial charge on any atom is -0.395 e. The van der Waals surface area contributed by atoms with E-state index in [0.29, 0.717) is 30.1 Å². The molecule has 5 rings (SSSR count). The number of hydrogen-bond donors (Lipinski definition) is 3. The summed E-state index contributed by atoms with van der Waals surface area (Å²) in [5, 5.41) is 16.0. The third kappa shape index (κ3) is 3.79. The number of ether oxygens (including phenoxy) is 1. The van der Waals surface area contributed by atoms with Crippen LogP contribution in [0.4, 0.5) is 5.69 Å². The van der Waals surface area contributed by atoms with E-state index in [9.17, 15) is 19.5 Å². The van der Waals surface area contributed by atoms with E-state index in [-0.39, 0.29) is 25.0 Å². The van der Waals surface area contributed by atoms with Crippen molar-refractivity contribution in [1.29, 1.82) is 0 Å². The lowest BCUT2D eigenvalue weighted by Crippen LogP contribution is -2.54. The van der Waals surface area contributed by atoms with Crippen LogP contribution in [0.25, 0.3) is 0 Å². The molecule has 2 aromatic carbocycles. The third-order valence-electron chi connectivity index (χ3n) is 7.93. The number of amides is 3. The Morgan fingerprint density at radius 1 is 1.14 bits per heavy atom. The zero-order valence-electron chi connectivity index (χ0n) is 20.3. The number of aliphatic hydroxyl groups excluding tert-OH is 1. The Hall–Kier alpha value is -2.94. The van der Waals surface area contributed by atoms with Crippen LogP contribution in [0.1, 0.15) is 30.9 Å². The summed E-state index contributed by atoms with van der Waals surface area (Å²) in [5.74, 6) is -2.62. The maximum absolute atomic E-state index is 13.7. The Kier molecular flexibility index (Phi) is 6.31. The maximum atomic E-state index is 13.7. The fourth-order valence-corrected chi connectivity index (χ4v) is 6.62. The number of nitrogens with one attached hydrogen (secondary N) is 2. The maximum Gasteiger partial charge on any atom is 0.250 e. The molecule has 36 heavy (non-hydrogen) atoms. The average molecular weight is 512 g/mol. The summed E-state index contributed by atoms with van der Waals surface area (Å²) in [6, 6.07) is 13.9. The van der Waals surface area contributed by atoms with Gasteiger partial charge in [0.2, 0.25) is 17.7 Å². The highest BCUT2D eigenvalue weighted by atomic mass is 35.5. The third-order valence-corrected chi connectivity index (χ3v) is 8.24. The number of nitrogens with zero attached hydrogens (tertiary/aromatic N) is 1. The highest BCUT2D eigenvalue weighted by Crippen LogP contribution is 2.63. The normalized spacial score (nSPS) is 30.4. The summed E-state index contributed by atoms with van der Waals surface area (Å²) in [4.78, 5) is 42.3. The first-order valence-electron chi connectivity index (χ1n) is 12.2. The number of hydrogen-bond acceptors (Lipinski definition) is 5. The summed E-state index contributed by atoms with van der Waals surface area (Å²) in [6.45, 7) is 3.67. The van der Waals surface area contributed by atoms with E-state index in [2.05, 4.69) is 10.6 Å². The second-order valence-corrected chi connectivity index (χ2v) is 10.5. The molecule has 0 saturated carbocycles. The second-order valence-electron chi connectivity index (χ2n) is 10.1. The Morgan fingerprint density at radius 3 is 2.58 bits per heavy atom. The Bertz CT molecular complexity index is 1190. The molecule has 3 aliphatic heterocycles. The highest BCUT2D eigenvalue weighted by molar-refractivity contribution is 6.34. The van der Waals surface area contributed by atoms with E-state index in [1.54, 1.807) is 12.1 Å². The first-order valence-corrected chi connectivity index (χ1v) is 12.6. The number of carbonyl (C=O) groups is 3. The molecule has 0 aliphatic carbocycles. The predicted octanol–water partition coefficient (Wildman–Crippen LogP) is 2.66. The summed E-state index contributed by atoms with van der Waals surface area (Å²) in [6.07, 6.45) is 1.01. The molecule has 3 fully saturated rings. The van der Waals surface area contributed by atoms with Gasteiger partial charge in [-0.1, -0.05) is 54.1 Å². The number of carbonyl (C=O) groups excluding carboxylic acids is 3. The predicted molar refractivity (Wildman–Crippen MR) is 134 cm³/mol. The molecule has 3 amide bonds. The van der Waals surface area contributed by atoms with E-state index in [1.807, 2.05) is 50.2 Å². The van der Waals surface area contributed by atoms with Crippen LogP contribution in [0.2, 0.25) is 5.02 Å². The van der Waals surface area contributed by atoms with Gasteiger partial charge >= 0.3 is 0 Å². The van der Waals surface area contributed by atoms with Crippen LogP contribution in [-0.2, 0) is 25.7 Å². The lowest BCUT2D eigenvalue weighted by Gasteiger charge is -2.33. The van der Waals surface area contributed by atoms with Crippen molar-refractivity contribution in [3.63, 3.8) is 0 Å². The van der Waals surface area contributed by atoms with Crippen molar-refractivity contribution >= 4 is 35.0 Å². The average Bonchev–Trinajstić information content (AvgIpc) is 3.42. The van der Waals surface area contributed by atoms with Gasteiger partial charge in [0.05, 0.1) is 34.8 Å². The molecule has 2 unspecified atom stereocenters. The van der Waals surface area contributed by atoms with Gasteiger partial charge in [0.25, 0.3) is 0 Å². The Morgan fingerprint density at radius 2 is 1.89 bits per heavy atom. The van der Waals surface area contributed by atoms with Crippen LogP contribution in [-0.4, -0.2) is 58.1 Å². The van der Waals surface area contributed by atoms with Gasteiger partial charge in [-0.25, -0.2) is 0 Å². The molecular formula is C27H30ClN3O5. The van der Waals surface area contributed by atoms with Gasteiger partial charge in [-0.2, -0.15) is 0 Å². The standard InChI is InChI=1S/C27H30ClN3O5/c1-16-7-6-10-18(28)21(16)30-24(34)22-27-12-11-26(2,36-27)19(20(27)25(35)31(22)13-14-32)23(33)29-15-17-8-4-3-5-9-17/h3-10,19-20,22,32H,11-15H2,1-2H3,(H,29,33)(H,30,34)/t19-,20-,22?,26+,27?/m0/s1. The molecule has 1 spiro atoms. The monoisotopic (exact) mass is 511 g/mol. The van der Waals surface area contributed by atoms with Gasteiger partial charge in [0.1, 0.15) is 11.6 Å². The van der Waals surface area contributed by atoms with Crippen molar-refractivity contribution in [3.8, 4) is 0 Å². The number of likely N-dealkylation sites (tertiary alicyclic amines) is 1. The number of anilines is 1. The van der Waals surface area contributed by atoms with Gasteiger partial charge in [-0.3, -0.25) is 14.4 Å². The number of benzene rings is 2. The van der Waals surface area contributed by atoms with Crippen LogP contribution in [0.3, 0.4) is 0 Å². The van der Waals surface area contributed by atoms with Crippen LogP contribution in [0.5, 0.6) is 0 Å². The molecule has 2 aromatic rings. The fraction of sp³-hybridized carbons (Fsp3) is 0.444. The number of β-amino-alcohol motifs (C(OH)–C–C–N with tert-alkyl or cyclic N) is 1. The lowest BCUT2D eigenvalue weighted by molar-refractivity contribution is -0.145. The first kappa shape index (κ1) is 24.7. The summed E-state index contributed by atoms with van der Waals surface area (Å²) >= 11 is 6.35. The zero-order chi connectivity index (χ0) is 25.7. The fourth-order valence-electron chi connectivity index (χ4n) is 6.35. The van der Waals surface area contributed by atoms with Gasteiger partial charge in [-0.05, 0) is 43.9 Å². The van der Waals surface area contributed by atoms with E-state index in [1.165, 1.54) is 4.90 Å². The minimum absolute atomic E-state index is 0.0326. The van der Waals surface area contributed by atoms with Crippen LogP contribution >= 0.6 is 11.6 Å². The van der Waals surface area contributed by atoms with E-state index >= 15 is 0 Å². The van der Waals surface area contributed by atoms with Gasteiger partial charge in [-0.15, -0.1) is 0 Å². The molecule has 3 saturated heterocycles. The van der Waals surface area contributed by atoms with Crippen molar-refractivity contribution < 1.29 is 24.2 Å². The SMILES string of the molecule is Cc1cccc(Cl)c1NC(=O)C1N(CCO)C(=O)[C@@H]2[C@@H](C(=O)NCc3ccccc3)[C@@]3(C)CCC12O3. The molecule has 5 atom stereocenters. The van der Waals surface area contributed by atoms with Crippen molar-refractivity contribution in [2.45, 2.75) is 50.5 Å². The summed E-state index contributed by atoms with van der Waals surface area (Å²) in [5.41, 5.74) is 0.170. The number of rotatable bonds is 7. The van der Waals surface area contributed by atoms with Crippen molar-refractivity contribution in [2.75, 3.05) is 18.5 Å². The Labute approximate surface area is 215 Å². The molecular weight excluding hydrogens is 482 g/mol. The smallest absolute Gasteiger partial charge is 0.250 e. The lowest BCUT2D eigenvalue weighted by atomic mass is 9.66. The molecule has 9 heteroatoms. The molecule has 0 radical (unpaired) electrons. The quantitative estimate of drug-likeness (QED) is 0.529.